The molecule has 1 aliphatic carbocycles. The molecule has 3 nitrogen and oxygen atoms in total. The van der Waals surface area contributed by atoms with Gasteiger partial charge in [0, 0.05) is 23.3 Å². The normalized spacial score (nSPS) is 29.4. The van der Waals surface area contributed by atoms with Gasteiger partial charge >= 0.3 is 0 Å². The second-order valence-electron chi connectivity index (χ2n) is 3.70. The average molecular weight is 223 g/mol. The zero-order valence-corrected chi connectivity index (χ0v) is 9.53. The molecule has 78 valence electrons. The first kappa shape index (κ1) is 11.3. The van der Waals surface area contributed by atoms with Gasteiger partial charge in [0.15, 0.2) is 0 Å². The number of rotatable bonds is 4. The number of hydrogen-bond acceptors (Lipinski definition) is 4. The lowest BCUT2D eigenvalue weighted by atomic mass is 10.3. The first-order valence-corrected chi connectivity index (χ1v) is 7.63. The predicted octanol–water partition coefficient (Wildman–Crippen LogP) is 0.644. The molecule has 0 aromatic rings. The van der Waals surface area contributed by atoms with Crippen LogP contribution in [-0.4, -0.2) is 37.5 Å². The average Bonchev–Trinajstić information content (AvgIpc) is 2.33. The molecule has 0 heterocycles. The van der Waals surface area contributed by atoms with Gasteiger partial charge in [-0.15, -0.1) is 0 Å². The minimum absolute atomic E-state index is 0.295. The third-order valence-electron chi connectivity index (χ3n) is 2.23. The lowest BCUT2D eigenvalue weighted by Crippen LogP contribution is -2.15. The van der Waals surface area contributed by atoms with E-state index in [4.69, 9.17) is 5.73 Å². The van der Waals surface area contributed by atoms with Crippen molar-refractivity contribution in [2.24, 2.45) is 5.73 Å². The fourth-order valence-corrected chi connectivity index (χ4v) is 4.11. The van der Waals surface area contributed by atoms with Crippen molar-refractivity contribution in [2.45, 2.75) is 30.6 Å². The zero-order chi connectivity index (χ0) is 9.90. The van der Waals surface area contributed by atoms with E-state index in [-0.39, 0.29) is 0 Å². The van der Waals surface area contributed by atoms with Crippen molar-refractivity contribution in [2.75, 3.05) is 17.8 Å². The van der Waals surface area contributed by atoms with Crippen LogP contribution in [0, 0.1) is 0 Å². The van der Waals surface area contributed by atoms with Crippen molar-refractivity contribution >= 4 is 21.6 Å². The van der Waals surface area contributed by atoms with E-state index in [0.29, 0.717) is 17.0 Å². The molecule has 0 aromatic heterocycles. The van der Waals surface area contributed by atoms with Gasteiger partial charge in [-0.2, -0.15) is 11.8 Å². The van der Waals surface area contributed by atoms with Crippen molar-refractivity contribution in [1.29, 1.82) is 0 Å². The van der Waals surface area contributed by atoms with Gasteiger partial charge in [0.2, 0.25) is 0 Å². The monoisotopic (exact) mass is 223 g/mol. The Morgan fingerprint density at radius 2 is 2.15 bits per heavy atom. The largest absolute Gasteiger partial charge is 0.328 e. The summed E-state index contributed by atoms with van der Waals surface area (Å²) in [5, 5.41) is 0.594. The summed E-state index contributed by atoms with van der Waals surface area (Å²) < 4.78 is 21.7. The van der Waals surface area contributed by atoms with Crippen LogP contribution in [-0.2, 0) is 9.84 Å². The van der Waals surface area contributed by atoms with E-state index < -0.39 is 9.84 Å². The summed E-state index contributed by atoms with van der Waals surface area (Å²) in [6.45, 7) is 0. The molecule has 0 aliphatic heterocycles. The van der Waals surface area contributed by atoms with Gasteiger partial charge in [0.05, 0.1) is 5.75 Å². The van der Waals surface area contributed by atoms with Crippen LogP contribution < -0.4 is 5.73 Å². The Hall–Kier alpha value is 0.260. The Balaban J connectivity index is 2.14. The molecule has 2 N–H and O–H groups in total. The SMILES string of the molecule is CS(=O)(=O)CCSC1CCC(N)C1. The Morgan fingerprint density at radius 3 is 2.62 bits per heavy atom. The summed E-state index contributed by atoms with van der Waals surface area (Å²) in [6.07, 6.45) is 4.58. The molecule has 2 atom stereocenters. The standard InChI is InChI=1S/C8H17NO2S2/c1-13(10,11)5-4-12-8-3-2-7(9)6-8/h7-8H,2-6,9H2,1H3. The van der Waals surface area contributed by atoms with Crippen molar-refractivity contribution in [3.8, 4) is 0 Å². The molecule has 13 heavy (non-hydrogen) atoms. The van der Waals surface area contributed by atoms with E-state index in [9.17, 15) is 8.42 Å². The molecule has 0 aromatic carbocycles. The van der Waals surface area contributed by atoms with Crippen molar-refractivity contribution < 1.29 is 8.42 Å². The summed E-state index contributed by atoms with van der Waals surface area (Å²) in [5.41, 5.74) is 5.75. The highest BCUT2D eigenvalue weighted by Gasteiger charge is 2.21. The van der Waals surface area contributed by atoms with Crippen molar-refractivity contribution in [1.82, 2.24) is 0 Å². The molecule has 5 heteroatoms. The Kier molecular flexibility index (Phi) is 4.06. The highest BCUT2D eigenvalue weighted by molar-refractivity contribution is 8.01. The Morgan fingerprint density at radius 1 is 1.46 bits per heavy atom. The van der Waals surface area contributed by atoms with Crippen LogP contribution in [0.2, 0.25) is 0 Å². The first-order chi connectivity index (χ1) is 5.97. The molecule has 0 spiro atoms. The van der Waals surface area contributed by atoms with Gasteiger partial charge in [-0.05, 0) is 19.3 Å². The molecule has 1 aliphatic rings. The molecular weight excluding hydrogens is 206 g/mol. The molecule has 0 saturated heterocycles. The van der Waals surface area contributed by atoms with Gasteiger partial charge < -0.3 is 5.73 Å². The van der Waals surface area contributed by atoms with Crippen molar-refractivity contribution in [3.05, 3.63) is 0 Å². The summed E-state index contributed by atoms with van der Waals surface area (Å²) in [5.74, 6) is 1.01. The highest BCUT2D eigenvalue weighted by atomic mass is 32.2. The smallest absolute Gasteiger partial charge is 0.148 e. The maximum Gasteiger partial charge on any atom is 0.148 e. The van der Waals surface area contributed by atoms with E-state index in [0.717, 1.165) is 25.0 Å². The van der Waals surface area contributed by atoms with Gasteiger partial charge in [-0.25, -0.2) is 8.42 Å². The predicted molar refractivity (Wildman–Crippen MR) is 57.8 cm³/mol. The number of hydrogen-bond donors (Lipinski definition) is 1. The quantitative estimate of drug-likeness (QED) is 0.760. The van der Waals surface area contributed by atoms with Gasteiger partial charge in [0.25, 0.3) is 0 Å². The van der Waals surface area contributed by atoms with Gasteiger partial charge in [-0.1, -0.05) is 0 Å². The topological polar surface area (TPSA) is 60.2 Å². The summed E-state index contributed by atoms with van der Waals surface area (Å²) in [6, 6.07) is 0.343. The van der Waals surface area contributed by atoms with Crippen LogP contribution in [0.25, 0.3) is 0 Å². The number of thioether (sulfide) groups is 1. The first-order valence-electron chi connectivity index (χ1n) is 4.52. The molecule has 1 saturated carbocycles. The maximum atomic E-state index is 10.8. The second kappa shape index (κ2) is 4.66. The maximum absolute atomic E-state index is 10.8. The van der Waals surface area contributed by atoms with E-state index in [2.05, 4.69) is 0 Å². The molecule has 0 bridgehead atoms. The van der Waals surface area contributed by atoms with Crippen molar-refractivity contribution in [3.63, 3.8) is 0 Å². The Bertz CT molecular complexity index is 251. The second-order valence-corrected chi connectivity index (χ2v) is 7.36. The third-order valence-corrected chi connectivity index (χ3v) is 4.78. The lowest BCUT2D eigenvalue weighted by Gasteiger charge is -2.07. The van der Waals surface area contributed by atoms with Crippen LogP contribution in [0.1, 0.15) is 19.3 Å². The molecule has 1 fully saturated rings. The fraction of sp³-hybridized carbons (Fsp3) is 1.00. The third kappa shape index (κ3) is 4.88. The molecule has 2 unspecified atom stereocenters. The number of nitrogens with two attached hydrogens (primary N) is 1. The number of sulfone groups is 1. The lowest BCUT2D eigenvalue weighted by molar-refractivity contribution is 0.603. The molecule has 0 radical (unpaired) electrons. The molecule has 0 amide bonds. The molecule has 1 rings (SSSR count). The summed E-state index contributed by atoms with van der Waals surface area (Å²) in [7, 11) is -2.78. The van der Waals surface area contributed by atoms with Crippen LogP contribution in [0.15, 0.2) is 0 Å². The summed E-state index contributed by atoms with van der Waals surface area (Å²) >= 11 is 1.76. The summed E-state index contributed by atoms with van der Waals surface area (Å²) in [4.78, 5) is 0. The van der Waals surface area contributed by atoms with E-state index in [1.54, 1.807) is 11.8 Å². The van der Waals surface area contributed by atoms with Crippen LogP contribution in [0.5, 0.6) is 0 Å². The van der Waals surface area contributed by atoms with Crippen LogP contribution >= 0.6 is 11.8 Å². The van der Waals surface area contributed by atoms with Crippen LogP contribution in [0.4, 0.5) is 0 Å². The zero-order valence-electron chi connectivity index (χ0n) is 7.90. The van der Waals surface area contributed by atoms with Crippen LogP contribution in [0.3, 0.4) is 0 Å². The minimum atomic E-state index is -2.78. The van der Waals surface area contributed by atoms with E-state index >= 15 is 0 Å². The van der Waals surface area contributed by atoms with Gasteiger partial charge in [-0.3, -0.25) is 0 Å². The minimum Gasteiger partial charge on any atom is -0.328 e. The Labute approximate surface area is 84.4 Å². The van der Waals surface area contributed by atoms with Gasteiger partial charge in [0.1, 0.15) is 9.84 Å². The van der Waals surface area contributed by atoms with E-state index in [1.807, 2.05) is 0 Å². The fourth-order valence-electron chi connectivity index (χ4n) is 1.49. The highest BCUT2D eigenvalue weighted by Crippen LogP contribution is 2.28. The van der Waals surface area contributed by atoms with E-state index in [1.165, 1.54) is 6.26 Å². The molecular formula is C8H17NO2S2.